The van der Waals surface area contributed by atoms with Crippen molar-refractivity contribution in [1.29, 1.82) is 5.26 Å². The van der Waals surface area contributed by atoms with Gasteiger partial charge in [0, 0.05) is 5.56 Å². The van der Waals surface area contributed by atoms with Crippen LogP contribution in [0, 0.1) is 11.3 Å². The van der Waals surface area contributed by atoms with Crippen molar-refractivity contribution >= 4 is 40.9 Å². The van der Waals surface area contributed by atoms with Crippen LogP contribution in [0.4, 0.5) is 0 Å². The summed E-state index contributed by atoms with van der Waals surface area (Å²) in [4.78, 5) is 6.93. The van der Waals surface area contributed by atoms with Gasteiger partial charge in [0.1, 0.15) is 0 Å². The number of imidazole rings is 1. The van der Waals surface area contributed by atoms with Crippen LogP contribution >= 0.6 is 34.8 Å². The molecule has 0 unspecified atom stereocenters. The van der Waals surface area contributed by atoms with Crippen molar-refractivity contribution in [3.63, 3.8) is 0 Å². The van der Waals surface area contributed by atoms with E-state index in [4.69, 9.17) is 40.1 Å². The number of alkyl halides is 3. The molecule has 0 spiro atoms. The molecule has 1 N–H and O–H groups in total. The molecule has 0 radical (unpaired) electrons. The minimum Gasteiger partial charge on any atom is -0.338 e. The van der Waals surface area contributed by atoms with Gasteiger partial charge >= 0.3 is 0 Å². The largest absolute Gasteiger partial charge is 0.338 e. The molecular formula is C13H8Cl3N3. The van der Waals surface area contributed by atoms with Gasteiger partial charge in [-0.3, -0.25) is 0 Å². The molecule has 0 saturated heterocycles. The Morgan fingerprint density at radius 2 is 2.11 bits per heavy atom. The fourth-order valence-electron chi connectivity index (χ4n) is 1.73. The normalized spacial score (nSPS) is 11.1. The Morgan fingerprint density at radius 1 is 1.37 bits per heavy atom. The average molecular weight is 313 g/mol. The van der Waals surface area contributed by atoms with Crippen molar-refractivity contribution in [2.75, 3.05) is 0 Å². The van der Waals surface area contributed by atoms with Gasteiger partial charge in [-0.2, -0.15) is 5.26 Å². The van der Waals surface area contributed by atoms with E-state index >= 15 is 0 Å². The summed E-state index contributed by atoms with van der Waals surface area (Å²) in [6.07, 6.45) is 3.19. The summed E-state index contributed by atoms with van der Waals surface area (Å²) in [6, 6.07) is 7.46. The van der Waals surface area contributed by atoms with E-state index < -0.39 is 3.79 Å². The van der Waals surface area contributed by atoms with Gasteiger partial charge < -0.3 is 4.98 Å². The van der Waals surface area contributed by atoms with Crippen LogP contribution in [0.15, 0.2) is 31.0 Å². The predicted octanol–water partition coefficient (Wildman–Crippen LogP) is 4.42. The molecular weight excluding hydrogens is 305 g/mol. The highest BCUT2D eigenvalue weighted by molar-refractivity contribution is 6.66. The summed E-state index contributed by atoms with van der Waals surface area (Å²) in [6.45, 7) is 3.73. The van der Waals surface area contributed by atoms with Crippen molar-refractivity contribution in [1.82, 2.24) is 9.97 Å². The molecule has 1 aromatic carbocycles. The fourth-order valence-corrected chi connectivity index (χ4v) is 2.01. The molecule has 0 atom stereocenters. The molecule has 1 heterocycles. The third-order valence-corrected chi connectivity index (χ3v) is 3.09. The zero-order chi connectivity index (χ0) is 14.0. The Balaban J connectivity index is 2.62. The maximum Gasteiger partial charge on any atom is 0.248 e. The molecule has 0 amide bonds. The number of aromatic nitrogens is 2. The molecule has 0 aliphatic rings. The molecule has 0 aliphatic carbocycles. The monoisotopic (exact) mass is 311 g/mol. The Morgan fingerprint density at radius 3 is 2.63 bits per heavy atom. The van der Waals surface area contributed by atoms with Crippen molar-refractivity contribution in [2.24, 2.45) is 0 Å². The number of nitriles is 1. The van der Waals surface area contributed by atoms with E-state index in [0.717, 1.165) is 5.56 Å². The molecule has 96 valence electrons. The molecule has 2 rings (SSSR count). The molecule has 3 nitrogen and oxygen atoms in total. The molecule has 2 aromatic rings. The number of hydrogen-bond donors (Lipinski definition) is 1. The highest BCUT2D eigenvalue weighted by Crippen LogP contribution is 2.37. The number of nitrogens with zero attached hydrogens (tertiary/aromatic N) is 2. The van der Waals surface area contributed by atoms with Crippen molar-refractivity contribution in [2.45, 2.75) is 3.79 Å². The molecule has 0 aliphatic heterocycles. The van der Waals surface area contributed by atoms with Crippen LogP contribution in [0.25, 0.3) is 17.3 Å². The van der Waals surface area contributed by atoms with E-state index in [0.29, 0.717) is 16.8 Å². The van der Waals surface area contributed by atoms with Crippen LogP contribution in [0.2, 0.25) is 0 Å². The van der Waals surface area contributed by atoms with E-state index in [1.54, 1.807) is 18.2 Å². The van der Waals surface area contributed by atoms with Gasteiger partial charge in [-0.05, 0) is 11.6 Å². The summed E-state index contributed by atoms with van der Waals surface area (Å²) >= 11 is 17.3. The van der Waals surface area contributed by atoms with Gasteiger partial charge in [0.25, 0.3) is 0 Å². The van der Waals surface area contributed by atoms with E-state index in [1.165, 1.54) is 6.20 Å². The summed E-state index contributed by atoms with van der Waals surface area (Å²) in [5.41, 5.74) is 2.59. The number of aromatic amines is 1. The maximum absolute atomic E-state index is 9.17. The summed E-state index contributed by atoms with van der Waals surface area (Å²) < 4.78 is -1.63. The van der Waals surface area contributed by atoms with Crippen LogP contribution in [-0.2, 0) is 3.79 Å². The van der Waals surface area contributed by atoms with E-state index in [-0.39, 0.29) is 5.82 Å². The van der Waals surface area contributed by atoms with Gasteiger partial charge in [-0.25, -0.2) is 4.98 Å². The third-order valence-electron chi connectivity index (χ3n) is 2.55. The number of rotatable bonds is 2. The van der Waals surface area contributed by atoms with Gasteiger partial charge in [-0.15, -0.1) is 0 Å². The SMILES string of the molecule is C=Cc1cccc(C#N)c1-c1cnc(C(Cl)(Cl)Cl)[nH]1. The average Bonchev–Trinajstić information content (AvgIpc) is 2.86. The zero-order valence-electron chi connectivity index (χ0n) is 9.62. The number of nitrogens with one attached hydrogen (secondary N) is 1. The third kappa shape index (κ3) is 2.76. The lowest BCUT2D eigenvalue weighted by Gasteiger charge is -2.08. The van der Waals surface area contributed by atoms with Crippen LogP contribution < -0.4 is 0 Å². The highest BCUT2D eigenvalue weighted by Gasteiger charge is 2.27. The standard InChI is InChI=1S/C13H8Cl3N3/c1-2-8-4-3-5-9(6-17)11(8)10-7-18-12(19-10)13(14,15)16/h2-5,7H,1H2,(H,18,19). The van der Waals surface area contributed by atoms with Gasteiger partial charge in [0.2, 0.25) is 3.79 Å². The van der Waals surface area contributed by atoms with Crippen LogP contribution in [0.1, 0.15) is 17.0 Å². The quantitative estimate of drug-likeness (QED) is 0.835. The Labute approximate surface area is 125 Å². The van der Waals surface area contributed by atoms with Crippen LogP contribution in [0.5, 0.6) is 0 Å². The highest BCUT2D eigenvalue weighted by atomic mass is 35.6. The molecule has 0 fully saturated rings. The van der Waals surface area contributed by atoms with Crippen molar-refractivity contribution in [3.05, 3.63) is 47.9 Å². The van der Waals surface area contributed by atoms with Crippen molar-refractivity contribution < 1.29 is 0 Å². The lowest BCUT2D eigenvalue weighted by molar-refractivity contribution is 1.03. The number of benzene rings is 1. The lowest BCUT2D eigenvalue weighted by atomic mass is 9.99. The topological polar surface area (TPSA) is 52.5 Å². The number of halogens is 3. The molecule has 0 bridgehead atoms. The van der Waals surface area contributed by atoms with Crippen LogP contribution in [-0.4, -0.2) is 9.97 Å². The van der Waals surface area contributed by atoms with E-state index in [2.05, 4.69) is 22.6 Å². The first-order valence-electron chi connectivity index (χ1n) is 5.25. The smallest absolute Gasteiger partial charge is 0.248 e. The maximum atomic E-state index is 9.17. The van der Waals surface area contributed by atoms with E-state index in [9.17, 15) is 0 Å². The zero-order valence-corrected chi connectivity index (χ0v) is 11.9. The van der Waals surface area contributed by atoms with Crippen LogP contribution in [0.3, 0.4) is 0 Å². The van der Waals surface area contributed by atoms with E-state index in [1.807, 2.05) is 6.07 Å². The van der Waals surface area contributed by atoms with Gasteiger partial charge in [0.05, 0.1) is 23.5 Å². The number of H-pyrrole nitrogens is 1. The molecule has 0 saturated carbocycles. The first-order chi connectivity index (χ1) is 8.97. The van der Waals surface area contributed by atoms with Gasteiger partial charge in [0.15, 0.2) is 5.82 Å². The fraction of sp³-hybridized carbons (Fsp3) is 0.0769. The molecule has 1 aromatic heterocycles. The van der Waals surface area contributed by atoms with Gasteiger partial charge in [-0.1, -0.05) is 59.6 Å². The minimum absolute atomic E-state index is 0.204. The summed E-state index contributed by atoms with van der Waals surface area (Å²) in [5, 5.41) is 9.17. The predicted molar refractivity (Wildman–Crippen MR) is 78.1 cm³/mol. The number of hydrogen-bond acceptors (Lipinski definition) is 2. The first kappa shape index (κ1) is 14.0. The van der Waals surface area contributed by atoms with Crippen molar-refractivity contribution in [3.8, 4) is 17.3 Å². The second-order valence-electron chi connectivity index (χ2n) is 3.73. The lowest BCUT2D eigenvalue weighted by Crippen LogP contribution is -2.02. The molecule has 19 heavy (non-hydrogen) atoms. The summed E-state index contributed by atoms with van der Waals surface area (Å²) in [5.74, 6) is 0.204. The summed E-state index contributed by atoms with van der Waals surface area (Å²) in [7, 11) is 0. The Hall–Kier alpha value is -1.47. The second kappa shape index (κ2) is 5.26. The second-order valence-corrected chi connectivity index (χ2v) is 6.01. The minimum atomic E-state index is -1.63. The Bertz CT molecular complexity index is 663. The molecule has 6 heteroatoms. The Kier molecular flexibility index (Phi) is 3.86. The first-order valence-corrected chi connectivity index (χ1v) is 6.39.